The van der Waals surface area contributed by atoms with E-state index in [4.69, 9.17) is 4.42 Å². The van der Waals surface area contributed by atoms with Gasteiger partial charge in [0, 0.05) is 11.3 Å². The van der Waals surface area contributed by atoms with Crippen LogP contribution in [0.3, 0.4) is 0 Å². The summed E-state index contributed by atoms with van der Waals surface area (Å²) in [6.07, 6.45) is 3.64. The average Bonchev–Trinajstić information content (AvgIpc) is 2.91. The van der Waals surface area contributed by atoms with E-state index in [1.54, 1.807) is 6.07 Å². The number of nitrogens with one attached hydrogen (secondary N) is 1. The van der Waals surface area contributed by atoms with Crippen molar-refractivity contribution in [2.75, 3.05) is 13.1 Å². The Hall–Kier alpha value is -1.35. The van der Waals surface area contributed by atoms with Crippen molar-refractivity contribution in [3.8, 4) is 0 Å². The number of hydrogen-bond donors (Lipinski definition) is 1. The Bertz CT molecular complexity index is 604. The Morgan fingerprint density at radius 3 is 2.95 bits per heavy atom. The van der Waals surface area contributed by atoms with Gasteiger partial charge in [-0.1, -0.05) is 32.4 Å². The molecule has 1 aliphatic carbocycles. The Labute approximate surface area is 125 Å². The van der Waals surface area contributed by atoms with E-state index in [1.165, 1.54) is 18.9 Å². The van der Waals surface area contributed by atoms with E-state index in [0.717, 1.165) is 30.7 Å². The minimum Gasteiger partial charge on any atom is -0.458 e. The first-order chi connectivity index (χ1) is 10.2. The quantitative estimate of drug-likeness (QED) is 0.882. The van der Waals surface area contributed by atoms with Gasteiger partial charge in [-0.25, -0.2) is 4.39 Å². The Morgan fingerprint density at radius 1 is 1.33 bits per heavy atom. The third kappa shape index (κ3) is 2.98. The normalized spacial score (nSPS) is 26.3. The average molecular weight is 289 g/mol. The lowest BCUT2D eigenvalue weighted by Gasteiger charge is -2.33. The van der Waals surface area contributed by atoms with Gasteiger partial charge in [0.25, 0.3) is 0 Å². The van der Waals surface area contributed by atoms with Crippen LogP contribution in [0.5, 0.6) is 0 Å². The molecule has 0 bridgehead atoms. The number of furan rings is 1. The van der Waals surface area contributed by atoms with E-state index in [0.29, 0.717) is 23.3 Å². The zero-order valence-electron chi connectivity index (χ0n) is 12.9. The molecule has 3 rings (SSSR count). The lowest BCUT2D eigenvalue weighted by atomic mass is 9.73. The number of para-hydroxylation sites is 1. The number of fused-ring (bicyclic) bond motifs is 1. The molecule has 2 nitrogen and oxygen atoms in total. The van der Waals surface area contributed by atoms with Gasteiger partial charge in [0.2, 0.25) is 0 Å². The van der Waals surface area contributed by atoms with E-state index >= 15 is 0 Å². The highest BCUT2D eigenvalue weighted by Gasteiger charge is 2.32. The Kier molecular flexibility index (Phi) is 4.29. The number of benzene rings is 1. The van der Waals surface area contributed by atoms with Gasteiger partial charge >= 0.3 is 0 Å². The predicted octanol–water partition coefficient (Wildman–Crippen LogP) is 4.70. The molecular formula is C18H24FNO. The standard InChI is InChI=1S/C18H24FNO/c1-3-20-11-14-8-7-12(2)9-15(14)17-10-13-5-4-6-16(19)18(13)21-17/h4-6,10,12,14-15,20H,3,7-9,11H2,1-2H3. The van der Waals surface area contributed by atoms with Gasteiger partial charge in [-0.15, -0.1) is 0 Å². The summed E-state index contributed by atoms with van der Waals surface area (Å²) in [5.41, 5.74) is 0.410. The van der Waals surface area contributed by atoms with Crippen LogP contribution in [0, 0.1) is 17.7 Å². The monoisotopic (exact) mass is 289 g/mol. The summed E-state index contributed by atoms with van der Waals surface area (Å²) in [6, 6.07) is 7.18. The fourth-order valence-corrected chi connectivity index (χ4v) is 3.60. The van der Waals surface area contributed by atoms with Gasteiger partial charge in [0.15, 0.2) is 11.4 Å². The SMILES string of the molecule is CCNCC1CCC(C)CC1c1cc2cccc(F)c2o1. The molecule has 1 aromatic heterocycles. The molecule has 3 atom stereocenters. The number of rotatable bonds is 4. The molecule has 0 aliphatic heterocycles. The van der Waals surface area contributed by atoms with Crippen molar-refractivity contribution in [3.63, 3.8) is 0 Å². The van der Waals surface area contributed by atoms with Gasteiger partial charge in [0.05, 0.1) is 0 Å². The zero-order chi connectivity index (χ0) is 14.8. The second kappa shape index (κ2) is 6.18. The van der Waals surface area contributed by atoms with Gasteiger partial charge in [-0.05, 0) is 49.9 Å². The fourth-order valence-electron chi connectivity index (χ4n) is 3.60. The first-order valence-electron chi connectivity index (χ1n) is 8.07. The van der Waals surface area contributed by atoms with Crippen LogP contribution >= 0.6 is 0 Å². The smallest absolute Gasteiger partial charge is 0.169 e. The lowest BCUT2D eigenvalue weighted by molar-refractivity contribution is 0.221. The van der Waals surface area contributed by atoms with Crippen molar-refractivity contribution in [3.05, 3.63) is 35.8 Å². The van der Waals surface area contributed by atoms with Crippen molar-refractivity contribution >= 4 is 11.0 Å². The topological polar surface area (TPSA) is 25.2 Å². The molecule has 2 aromatic rings. The molecule has 1 heterocycles. The molecule has 1 fully saturated rings. The van der Waals surface area contributed by atoms with Crippen molar-refractivity contribution in [1.82, 2.24) is 5.32 Å². The first kappa shape index (κ1) is 14.6. The lowest BCUT2D eigenvalue weighted by Crippen LogP contribution is -2.31. The Balaban J connectivity index is 1.91. The van der Waals surface area contributed by atoms with Crippen LogP contribution in [0.1, 0.15) is 44.8 Å². The van der Waals surface area contributed by atoms with Gasteiger partial charge in [-0.3, -0.25) is 0 Å². The second-order valence-electron chi connectivity index (χ2n) is 6.40. The van der Waals surface area contributed by atoms with Crippen molar-refractivity contribution in [2.24, 2.45) is 11.8 Å². The molecule has 1 N–H and O–H groups in total. The first-order valence-corrected chi connectivity index (χ1v) is 8.07. The summed E-state index contributed by atoms with van der Waals surface area (Å²) in [4.78, 5) is 0. The maximum Gasteiger partial charge on any atom is 0.169 e. The molecule has 114 valence electrons. The van der Waals surface area contributed by atoms with Crippen LogP contribution in [-0.4, -0.2) is 13.1 Å². The van der Waals surface area contributed by atoms with E-state index in [2.05, 4.69) is 19.2 Å². The molecule has 3 unspecified atom stereocenters. The zero-order valence-corrected chi connectivity index (χ0v) is 12.9. The summed E-state index contributed by atoms with van der Waals surface area (Å²) in [7, 11) is 0. The molecule has 0 saturated heterocycles. The van der Waals surface area contributed by atoms with Crippen LogP contribution < -0.4 is 5.32 Å². The van der Waals surface area contributed by atoms with Crippen LogP contribution in [0.4, 0.5) is 4.39 Å². The highest BCUT2D eigenvalue weighted by atomic mass is 19.1. The third-order valence-electron chi connectivity index (χ3n) is 4.79. The maximum absolute atomic E-state index is 13.8. The predicted molar refractivity (Wildman–Crippen MR) is 84.0 cm³/mol. The van der Waals surface area contributed by atoms with Gasteiger partial charge in [0.1, 0.15) is 5.76 Å². The highest BCUT2D eigenvalue weighted by molar-refractivity contribution is 5.78. The minimum atomic E-state index is -0.258. The minimum absolute atomic E-state index is 0.258. The van der Waals surface area contributed by atoms with Crippen LogP contribution in [-0.2, 0) is 0 Å². The molecule has 1 aliphatic rings. The van der Waals surface area contributed by atoms with E-state index < -0.39 is 0 Å². The summed E-state index contributed by atoms with van der Waals surface area (Å²) in [6.45, 7) is 6.46. The molecule has 0 radical (unpaired) electrons. The summed E-state index contributed by atoms with van der Waals surface area (Å²) in [5.74, 6) is 2.41. The Morgan fingerprint density at radius 2 is 2.19 bits per heavy atom. The van der Waals surface area contributed by atoms with E-state index in [1.807, 2.05) is 12.1 Å². The molecule has 21 heavy (non-hydrogen) atoms. The van der Waals surface area contributed by atoms with Crippen LogP contribution in [0.25, 0.3) is 11.0 Å². The molecule has 1 aromatic carbocycles. The molecule has 3 heteroatoms. The van der Waals surface area contributed by atoms with Gasteiger partial charge < -0.3 is 9.73 Å². The number of hydrogen-bond acceptors (Lipinski definition) is 2. The van der Waals surface area contributed by atoms with E-state index in [-0.39, 0.29) is 5.82 Å². The van der Waals surface area contributed by atoms with Gasteiger partial charge in [-0.2, -0.15) is 0 Å². The summed E-state index contributed by atoms with van der Waals surface area (Å²) in [5, 5.41) is 4.34. The second-order valence-corrected chi connectivity index (χ2v) is 6.40. The van der Waals surface area contributed by atoms with Crippen molar-refractivity contribution in [1.29, 1.82) is 0 Å². The molecule has 0 spiro atoms. The van der Waals surface area contributed by atoms with Crippen LogP contribution in [0.2, 0.25) is 0 Å². The maximum atomic E-state index is 13.8. The van der Waals surface area contributed by atoms with Crippen molar-refractivity contribution in [2.45, 2.75) is 39.0 Å². The summed E-state index contributed by atoms with van der Waals surface area (Å²) < 4.78 is 19.7. The van der Waals surface area contributed by atoms with E-state index in [9.17, 15) is 4.39 Å². The molecule has 0 amide bonds. The number of halogens is 1. The fraction of sp³-hybridized carbons (Fsp3) is 0.556. The van der Waals surface area contributed by atoms with Crippen LogP contribution in [0.15, 0.2) is 28.7 Å². The largest absolute Gasteiger partial charge is 0.458 e. The molecular weight excluding hydrogens is 265 g/mol. The summed E-state index contributed by atoms with van der Waals surface area (Å²) >= 11 is 0. The molecule has 1 saturated carbocycles. The van der Waals surface area contributed by atoms with Crippen molar-refractivity contribution < 1.29 is 8.81 Å². The highest BCUT2D eigenvalue weighted by Crippen LogP contribution is 2.42. The third-order valence-corrected chi connectivity index (χ3v) is 4.79.